The second kappa shape index (κ2) is 10.2. The van der Waals surface area contributed by atoms with E-state index in [1.165, 1.54) is 16.7 Å². The first-order chi connectivity index (χ1) is 14.5. The van der Waals surface area contributed by atoms with Crippen LogP contribution in [0.25, 0.3) is 22.0 Å². The van der Waals surface area contributed by atoms with E-state index in [2.05, 4.69) is 10.2 Å². The molecule has 0 spiro atoms. The van der Waals surface area contributed by atoms with Crippen LogP contribution in [-0.2, 0) is 9.59 Å². The zero-order valence-corrected chi connectivity index (χ0v) is 18.4. The summed E-state index contributed by atoms with van der Waals surface area (Å²) in [7, 11) is 1.66. The summed E-state index contributed by atoms with van der Waals surface area (Å²) in [5.74, 6) is 0.0441. The van der Waals surface area contributed by atoms with Gasteiger partial charge < -0.3 is 9.80 Å². The standard InChI is InChI=1S/C23H26N4O2S/c1-4-27(5-2)20(28)15-26(3)21(29)16-30-23-19-14-10-9-13-18(19)22(24-25-23)17-11-7-6-8-12-17/h6-14H,4-5,15-16H2,1-3H3. The van der Waals surface area contributed by atoms with Gasteiger partial charge in [-0.1, -0.05) is 66.4 Å². The molecule has 7 heteroatoms. The molecule has 1 aromatic heterocycles. The summed E-state index contributed by atoms with van der Waals surface area (Å²) < 4.78 is 0. The molecule has 0 aliphatic heterocycles. The van der Waals surface area contributed by atoms with Crippen molar-refractivity contribution >= 4 is 34.3 Å². The molecule has 156 valence electrons. The molecule has 0 bridgehead atoms. The number of benzene rings is 2. The minimum Gasteiger partial charge on any atom is -0.342 e. The molecule has 0 unspecified atom stereocenters. The molecule has 2 amide bonds. The number of amides is 2. The molecule has 3 aromatic rings. The van der Waals surface area contributed by atoms with Gasteiger partial charge in [0.05, 0.1) is 12.3 Å². The number of likely N-dealkylation sites (N-methyl/N-ethyl adjacent to an activating group) is 2. The molecule has 0 saturated heterocycles. The lowest BCUT2D eigenvalue weighted by Gasteiger charge is -2.23. The maximum Gasteiger partial charge on any atom is 0.242 e. The second-order valence-corrected chi connectivity index (χ2v) is 7.83. The zero-order valence-electron chi connectivity index (χ0n) is 17.5. The number of aromatic nitrogens is 2. The fraction of sp³-hybridized carbons (Fsp3) is 0.304. The average molecular weight is 423 g/mol. The number of fused-ring (bicyclic) bond motifs is 1. The summed E-state index contributed by atoms with van der Waals surface area (Å²) in [4.78, 5) is 28.0. The van der Waals surface area contributed by atoms with Crippen molar-refractivity contribution in [2.75, 3.05) is 32.4 Å². The van der Waals surface area contributed by atoms with Crippen molar-refractivity contribution in [1.29, 1.82) is 0 Å². The monoisotopic (exact) mass is 422 g/mol. The van der Waals surface area contributed by atoms with E-state index in [-0.39, 0.29) is 24.1 Å². The first kappa shape index (κ1) is 21.8. The Bertz CT molecular complexity index is 1020. The van der Waals surface area contributed by atoms with Crippen molar-refractivity contribution < 1.29 is 9.59 Å². The number of hydrogen-bond acceptors (Lipinski definition) is 5. The van der Waals surface area contributed by atoms with Crippen molar-refractivity contribution in [3.05, 3.63) is 54.6 Å². The predicted octanol–water partition coefficient (Wildman–Crippen LogP) is 3.72. The van der Waals surface area contributed by atoms with Gasteiger partial charge in [0.25, 0.3) is 0 Å². The molecular weight excluding hydrogens is 396 g/mol. The molecule has 0 atom stereocenters. The topological polar surface area (TPSA) is 66.4 Å². The van der Waals surface area contributed by atoms with Crippen LogP contribution in [0.2, 0.25) is 0 Å². The van der Waals surface area contributed by atoms with Gasteiger partial charge in [0.15, 0.2) is 0 Å². The summed E-state index contributed by atoms with van der Waals surface area (Å²) in [5, 5.41) is 11.5. The van der Waals surface area contributed by atoms with Crippen molar-refractivity contribution in [1.82, 2.24) is 20.0 Å². The second-order valence-electron chi connectivity index (χ2n) is 6.87. The summed E-state index contributed by atoms with van der Waals surface area (Å²) in [6.45, 7) is 5.23. The lowest BCUT2D eigenvalue weighted by atomic mass is 10.1. The van der Waals surface area contributed by atoms with E-state index in [1.807, 2.05) is 68.4 Å². The van der Waals surface area contributed by atoms with Crippen LogP contribution in [-0.4, -0.2) is 64.2 Å². The molecule has 3 rings (SSSR count). The molecular formula is C23H26N4O2S. The minimum absolute atomic E-state index is 0.0432. The van der Waals surface area contributed by atoms with Crippen LogP contribution >= 0.6 is 11.8 Å². The van der Waals surface area contributed by atoms with Gasteiger partial charge >= 0.3 is 0 Å². The van der Waals surface area contributed by atoms with Crippen LogP contribution in [0.4, 0.5) is 0 Å². The van der Waals surface area contributed by atoms with Crippen molar-refractivity contribution in [2.45, 2.75) is 18.9 Å². The molecule has 0 radical (unpaired) electrons. The summed E-state index contributed by atoms with van der Waals surface area (Å²) >= 11 is 1.35. The fourth-order valence-electron chi connectivity index (χ4n) is 3.20. The van der Waals surface area contributed by atoms with Gasteiger partial charge in [0, 0.05) is 36.5 Å². The Kier molecular flexibility index (Phi) is 7.41. The van der Waals surface area contributed by atoms with Crippen LogP contribution in [0.1, 0.15) is 13.8 Å². The Labute approximate surface area is 181 Å². The summed E-state index contributed by atoms with van der Waals surface area (Å²) in [5.41, 5.74) is 1.83. The van der Waals surface area contributed by atoms with Crippen LogP contribution in [0.15, 0.2) is 59.6 Å². The Hall–Kier alpha value is -2.93. The SMILES string of the molecule is CCN(CC)C(=O)CN(C)C(=O)CSc1nnc(-c2ccccc2)c2ccccc12. The van der Waals surface area contributed by atoms with Crippen LogP contribution < -0.4 is 0 Å². The van der Waals surface area contributed by atoms with Gasteiger partial charge in [-0.3, -0.25) is 9.59 Å². The molecule has 0 saturated carbocycles. The molecule has 30 heavy (non-hydrogen) atoms. The third kappa shape index (κ3) is 4.97. The first-order valence-electron chi connectivity index (χ1n) is 10.0. The Morgan fingerprint density at radius 2 is 1.50 bits per heavy atom. The highest BCUT2D eigenvalue weighted by atomic mass is 32.2. The van der Waals surface area contributed by atoms with E-state index in [9.17, 15) is 9.59 Å². The van der Waals surface area contributed by atoms with Crippen LogP contribution in [0, 0.1) is 0 Å². The molecule has 0 aliphatic carbocycles. The van der Waals surface area contributed by atoms with Gasteiger partial charge in [-0.2, -0.15) is 0 Å². The largest absolute Gasteiger partial charge is 0.342 e. The highest BCUT2D eigenvalue weighted by Gasteiger charge is 2.18. The lowest BCUT2D eigenvalue weighted by molar-refractivity contribution is -0.137. The number of rotatable bonds is 8. The van der Waals surface area contributed by atoms with Crippen molar-refractivity contribution in [3.63, 3.8) is 0 Å². The number of thioether (sulfide) groups is 1. The molecule has 0 fully saturated rings. The third-order valence-corrected chi connectivity index (χ3v) is 5.91. The number of carbonyl (C=O) groups is 2. The Balaban J connectivity index is 1.74. The van der Waals surface area contributed by atoms with Gasteiger partial charge in [-0.05, 0) is 13.8 Å². The van der Waals surface area contributed by atoms with E-state index < -0.39 is 0 Å². The maximum absolute atomic E-state index is 12.6. The highest BCUT2D eigenvalue weighted by Crippen LogP contribution is 2.31. The minimum atomic E-state index is -0.112. The molecule has 6 nitrogen and oxygen atoms in total. The first-order valence-corrected chi connectivity index (χ1v) is 11.0. The van der Waals surface area contributed by atoms with E-state index in [4.69, 9.17) is 0 Å². The summed E-state index contributed by atoms with van der Waals surface area (Å²) in [6.07, 6.45) is 0. The third-order valence-electron chi connectivity index (χ3n) is 4.95. The zero-order chi connectivity index (χ0) is 21.5. The van der Waals surface area contributed by atoms with Gasteiger partial charge in [0.2, 0.25) is 11.8 Å². The molecule has 1 heterocycles. The van der Waals surface area contributed by atoms with Crippen molar-refractivity contribution in [3.8, 4) is 11.3 Å². The quantitative estimate of drug-likeness (QED) is 0.518. The lowest BCUT2D eigenvalue weighted by Crippen LogP contribution is -2.41. The smallest absolute Gasteiger partial charge is 0.242 e. The van der Waals surface area contributed by atoms with Gasteiger partial charge in [0.1, 0.15) is 10.7 Å². The molecule has 0 N–H and O–H groups in total. The van der Waals surface area contributed by atoms with Crippen LogP contribution in [0.5, 0.6) is 0 Å². The van der Waals surface area contributed by atoms with Crippen LogP contribution in [0.3, 0.4) is 0 Å². The fourth-order valence-corrected chi connectivity index (χ4v) is 4.12. The molecule has 2 aromatic carbocycles. The van der Waals surface area contributed by atoms with E-state index in [0.29, 0.717) is 18.1 Å². The van der Waals surface area contributed by atoms with E-state index in [0.717, 1.165) is 22.0 Å². The predicted molar refractivity (Wildman–Crippen MR) is 121 cm³/mol. The normalized spacial score (nSPS) is 10.8. The number of hydrogen-bond donors (Lipinski definition) is 0. The average Bonchev–Trinajstić information content (AvgIpc) is 2.78. The maximum atomic E-state index is 12.6. The Morgan fingerprint density at radius 1 is 0.867 bits per heavy atom. The van der Waals surface area contributed by atoms with Gasteiger partial charge in [-0.15, -0.1) is 10.2 Å². The van der Waals surface area contributed by atoms with E-state index >= 15 is 0 Å². The number of carbonyl (C=O) groups excluding carboxylic acids is 2. The molecule has 0 aliphatic rings. The van der Waals surface area contributed by atoms with Gasteiger partial charge in [-0.25, -0.2) is 0 Å². The number of nitrogens with zero attached hydrogens (tertiary/aromatic N) is 4. The summed E-state index contributed by atoms with van der Waals surface area (Å²) in [6, 6.07) is 17.9. The van der Waals surface area contributed by atoms with E-state index in [1.54, 1.807) is 11.9 Å². The highest BCUT2D eigenvalue weighted by molar-refractivity contribution is 8.00. The van der Waals surface area contributed by atoms with Crippen molar-refractivity contribution in [2.24, 2.45) is 0 Å². The Morgan fingerprint density at radius 3 is 2.17 bits per heavy atom.